The number of hydrogen-bond acceptors (Lipinski definition) is 2. The van der Waals surface area contributed by atoms with Gasteiger partial charge in [0.25, 0.3) is 0 Å². The Morgan fingerprint density at radius 3 is 2.68 bits per heavy atom. The standard InChI is InChI=1S/C16H23NO2/c1-2-13-7-6-11-16(12-10-13,15(18)19)17-14-8-4-3-5-9-14/h3-5,8-9,13,17H,2,6-7,10-12H2,1H3,(H,18,19). The van der Waals surface area contributed by atoms with Gasteiger partial charge in [-0.3, -0.25) is 0 Å². The fourth-order valence-electron chi connectivity index (χ4n) is 3.01. The average molecular weight is 261 g/mol. The SMILES string of the molecule is CCC1CCCC(Nc2ccccc2)(C(=O)O)CC1. The summed E-state index contributed by atoms with van der Waals surface area (Å²) in [5.41, 5.74) is 0.116. The van der Waals surface area contributed by atoms with Crippen LogP contribution in [0.15, 0.2) is 30.3 Å². The summed E-state index contributed by atoms with van der Waals surface area (Å²) in [6.07, 6.45) is 5.74. The molecule has 0 amide bonds. The molecule has 2 N–H and O–H groups in total. The second kappa shape index (κ2) is 6.09. The molecule has 3 nitrogen and oxygen atoms in total. The summed E-state index contributed by atoms with van der Waals surface area (Å²) < 4.78 is 0. The number of hydrogen-bond donors (Lipinski definition) is 2. The molecule has 1 aliphatic carbocycles. The lowest BCUT2D eigenvalue weighted by Gasteiger charge is -2.30. The lowest BCUT2D eigenvalue weighted by Crippen LogP contribution is -2.46. The van der Waals surface area contributed by atoms with E-state index in [9.17, 15) is 9.90 Å². The summed E-state index contributed by atoms with van der Waals surface area (Å²) in [5, 5.41) is 13.0. The molecule has 1 aromatic rings. The predicted octanol–water partition coefficient (Wildman–Crippen LogP) is 3.91. The van der Waals surface area contributed by atoms with Crippen molar-refractivity contribution < 1.29 is 9.90 Å². The maximum atomic E-state index is 11.8. The van der Waals surface area contributed by atoms with E-state index in [0.29, 0.717) is 12.3 Å². The van der Waals surface area contributed by atoms with E-state index in [-0.39, 0.29) is 0 Å². The second-order valence-corrected chi connectivity index (χ2v) is 5.58. The van der Waals surface area contributed by atoms with Gasteiger partial charge in [-0.25, -0.2) is 4.79 Å². The van der Waals surface area contributed by atoms with E-state index in [4.69, 9.17) is 0 Å². The number of para-hydroxylation sites is 1. The largest absolute Gasteiger partial charge is 0.480 e. The molecule has 0 bridgehead atoms. The number of anilines is 1. The molecule has 2 atom stereocenters. The van der Waals surface area contributed by atoms with Crippen molar-refractivity contribution in [3.63, 3.8) is 0 Å². The number of benzene rings is 1. The van der Waals surface area contributed by atoms with E-state index < -0.39 is 11.5 Å². The van der Waals surface area contributed by atoms with E-state index >= 15 is 0 Å². The highest BCUT2D eigenvalue weighted by Gasteiger charge is 2.39. The monoisotopic (exact) mass is 261 g/mol. The highest BCUT2D eigenvalue weighted by molar-refractivity contribution is 5.82. The highest BCUT2D eigenvalue weighted by atomic mass is 16.4. The number of carboxylic acid groups (broad SMARTS) is 1. The zero-order valence-corrected chi connectivity index (χ0v) is 11.6. The van der Waals surface area contributed by atoms with Gasteiger partial charge in [0.2, 0.25) is 0 Å². The average Bonchev–Trinajstić information content (AvgIpc) is 2.63. The number of aliphatic carboxylic acids is 1. The first kappa shape index (κ1) is 13.9. The van der Waals surface area contributed by atoms with Crippen molar-refractivity contribution >= 4 is 11.7 Å². The number of nitrogens with one attached hydrogen (secondary N) is 1. The highest BCUT2D eigenvalue weighted by Crippen LogP contribution is 2.34. The van der Waals surface area contributed by atoms with E-state index in [1.807, 2.05) is 30.3 Å². The lowest BCUT2D eigenvalue weighted by molar-refractivity contribution is -0.142. The Morgan fingerprint density at radius 2 is 2.05 bits per heavy atom. The van der Waals surface area contributed by atoms with Crippen LogP contribution in [-0.4, -0.2) is 16.6 Å². The van der Waals surface area contributed by atoms with Crippen LogP contribution in [0.1, 0.15) is 45.4 Å². The van der Waals surface area contributed by atoms with Crippen LogP contribution in [0.5, 0.6) is 0 Å². The maximum Gasteiger partial charge on any atom is 0.329 e. The third-order valence-corrected chi connectivity index (χ3v) is 4.34. The van der Waals surface area contributed by atoms with Crippen LogP contribution in [-0.2, 0) is 4.79 Å². The molecule has 19 heavy (non-hydrogen) atoms. The van der Waals surface area contributed by atoms with E-state index in [1.54, 1.807) is 0 Å². The van der Waals surface area contributed by atoms with E-state index in [0.717, 1.165) is 37.8 Å². The number of carbonyl (C=O) groups is 1. The van der Waals surface area contributed by atoms with E-state index in [2.05, 4.69) is 12.2 Å². The molecule has 0 aromatic heterocycles. The van der Waals surface area contributed by atoms with Gasteiger partial charge < -0.3 is 10.4 Å². The fraction of sp³-hybridized carbons (Fsp3) is 0.562. The van der Waals surface area contributed by atoms with Crippen LogP contribution in [0.25, 0.3) is 0 Å². The number of carboxylic acids is 1. The van der Waals surface area contributed by atoms with Crippen molar-refractivity contribution in [1.29, 1.82) is 0 Å². The van der Waals surface area contributed by atoms with Crippen molar-refractivity contribution in [3.05, 3.63) is 30.3 Å². The summed E-state index contributed by atoms with van der Waals surface area (Å²) in [4.78, 5) is 11.8. The zero-order valence-electron chi connectivity index (χ0n) is 11.6. The van der Waals surface area contributed by atoms with Gasteiger partial charge >= 0.3 is 5.97 Å². The quantitative estimate of drug-likeness (QED) is 0.808. The molecular weight excluding hydrogens is 238 g/mol. The minimum Gasteiger partial charge on any atom is -0.480 e. The minimum absolute atomic E-state index is 0.679. The molecular formula is C16H23NO2. The molecule has 1 aliphatic rings. The van der Waals surface area contributed by atoms with Crippen LogP contribution in [0.2, 0.25) is 0 Å². The van der Waals surface area contributed by atoms with Crippen LogP contribution >= 0.6 is 0 Å². The van der Waals surface area contributed by atoms with E-state index in [1.165, 1.54) is 0 Å². The molecule has 0 aliphatic heterocycles. The Hall–Kier alpha value is -1.51. The van der Waals surface area contributed by atoms with Gasteiger partial charge in [-0.2, -0.15) is 0 Å². The van der Waals surface area contributed by atoms with Gasteiger partial charge in [0.1, 0.15) is 5.54 Å². The minimum atomic E-state index is -0.786. The van der Waals surface area contributed by atoms with Crippen molar-refractivity contribution in [2.75, 3.05) is 5.32 Å². The van der Waals surface area contributed by atoms with Crippen LogP contribution < -0.4 is 5.32 Å². The predicted molar refractivity (Wildman–Crippen MR) is 77.3 cm³/mol. The van der Waals surface area contributed by atoms with Gasteiger partial charge in [-0.05, 0) is 37.3 Å². The molecule has 0 heterocycles. The third kappa shape index (κ3) is 3.28. The number of rotatable bonds is 4. The molecule has 1 saturated carbocycles. The molecule has 0 saturated heterocycles. The van der Waals surface area contributed by atoms with Gasteiger partial charge in [0.05, 0.1) is 0 Å². The lowest BCUT2D eigenvalue weighted by atomic mass is 9.89. The first-order valence-corrected chi connectivity index (χ1v) is 7.23. The van der Waals surface area contributed by atoms with Gasteiger partial charge in [-0.1, -0.05) is 44.4 Å². The van der Waals surface area contributed by atoms with Crippen LogP contribution in [0.3, 0.4) is 0 Å². The topological polar surface area (TPSA) is 49.3 Å². The Morgan fingerprint density at radius 1 is 1.32 bits per heavy atom. The Balaban J connectivity index is 2.16. The van der Waals surface area contributed by atoms with Gasteiger partial charge in [-0.15, -0.1) is 0 Å². The summed E-state index contributed by atoms with van der Waals surface area (Å²) in [5.74, 6) is -0.0353. The smallest absolute Gasteiger partial charge is 0.329 e. The Labute approximate surface area is 115 Å². The molecule has 2 rings (SSSR count). The summed E-state index contributed by atoms with van der Waals surface area (Å²) in [7, 11) is 0. The summed E-state index contributed by atoms with van der Waals surface area (Å²) >= 11 is 0. The first-order valence-electron chi connectivity index (χ1n) is 7.23. The van der Waals surface area contributed by atoms with Crippen molar-refractivity contribution in [1.82, 2.24) is 0 Å². The van der Waals surface area contributed by atoms with Crippen molar-refractivity contribution in [2.24, 2.45) is 5.92 Å². The molecule has 104 valence electrons. The molecule has 0 spiro atoms. The fourth-order valence-corrected chi connectivity index (χ4v) is 3.01. The zero-order chi connectivity index (χ0) is 13.7. The van der Waals surface area contributed by atoms with Gasteiger partial charge in [0, 0.05) is 5.69 Å². The summed E-state index contributed by atoms with van der Waals surface area (Å²) in [6, 6.07) is 9.69. The maximum absolute atomic E-state index is 11.8. The molecule has 1 aromatic carbocycles. The van der Waals surface area contributed by atoms with Crippen LogP contribution in [0.4, 0.5) is 5.69 Å². The molecule has 0 radical (unpaired) electrons. The van der Waals surface area contributed by atoms with Crippen molar-refractivity contribution in [2.45, 2.75) is 51.0 Å². The summed E-state index contributed by atoms with van der Waals surface area (Å²) in [6.45, 7) is 2.20. The normalized spacial score (nSPS) is 27.5. The van der Waals surface area contributed by atoms with Crippen LogP contribution in [0, 0.1) is 5.92 Å². The Kier molecular flexibility index (Phi) is 4.46. The Bertz CT molecular complexity index is 418. The van der Waals surface area contributed by atoms with Crippen molar-refractivity contribution in [3.8, 4) is 0 Å². The molecule has 3 heteroatoms. The first-order chi connectivity index (χ1) is 9.16. The second-order valence-electron chi connectivity index (χ2n) is 5.58. The molecule has 2 unspecified atom stereocenters. The third-order valence-electron chi connectivity index (χ3n) is 4.34. The van der Waals surface area contributed by atoms with Gasteiger partial charge in [0.15, 0.2) is 0 Å². The molecule has 1 fully saturated rings.